The Bertz CT molecular complexity index is 1030. The average Bonchev–Trinajstić information content (AvgIpc) is 3.13. The van der Waals surface area contributed by atoms with Crippen LogP contribution in [0.5, 0.6) is 0 Å². The molecule has 5 rings (SSSR count). The second kappa shape index (κ2) is 7.35. The number of benzene rings is 1. The molecule has 3 heterocycles. The number of hydrogen-bond acceptors (Lipinski definition) is 5. The van der Waals surface area contributed by atoms with Crippen LogP contribution in [-0.2, 0) is 4.79 Å². The Morgan fingerprint density at radius 1 is 1.14 bits per heavy atom. The van der Waals surface area contributed by atoms with Crippen molar-refractivity contribution in [2.45, 2.75) is 56.6 Å². The number of aromatic nitrogens is 4. The van der Waals surface area contributed by atoms with Crippen molar-refractivity contribution in [2.24, 2.45) is 5.92 Å². The summed E-state index contributed by atoms with van der Waals surface area (Å²) in [5.74, 6) is 2.07. The Kier molecular flexibility index (Phi) is 4.70. The van der Waals surface area contributed by atoms with Crippen LogP contribution in [-0.4, -0.2) is 48.7 Å². The highest BCUT2D eigenvalue weighted by Gasteiger charge is 2.35. The topological polar surface area (TPSA) is 63.4 Å². The number of fused-ring (bicyclic) bond motifs is 4. The Balaban J connectivity index is 1.40. The molecule has 2 aliphatic rings. The van der Waals surface area contributed by atoms with Crippen molar-refractivity contribution in [2.75, 3.05) is 12.3 Å². The minimum atomic E-state index is 0.238. The number of thioether (sulfide) groups is 1. The number of carbonyl (C=O) groups excluding carboxylic acids is 1. The van der Waals surface area contributed by atoms with Crippen LogP contribution in [0.1, 0.15) is 44.3 Å². The maximum absolute atomic E-state index is 13.1. The highest BCUT2D eigenvalue weighted by atomic mass is 32.2. The number of amides is 1. The van der Waals surface area contributed by atoms with E-state index >= 15 is 0 Å². The van der Waals surface area contributed by atoms with Crippen molar-refractivity contribution in [1.82, 2.24) is 24.5 Å². The van der Waals surface area contributed by atoms with Gasteiger partial charge in [0.1, 0.15) is 5.82 Å². The van der Waals surface area contributed by atoms with Crippen molar-refractivity contribution < 1.29 is 4.79 Å². The van der Waals surface area contributed by atoms with Crippen molar-refractivity contribution in [3.63, 3.8) is 0 Å². The molecule has 1 amide bonds. The summed E-state index contributed by atoms with van der Waals surface area (Å²) in [4.78, 5) is 24.6. The molecule has 1 saturated heterocycles. The number of aryl methyl sites for hydroxylation is 1. The van der Waals surface area contributed by atoms with Gasteiger partial charge in [0.15, 0.2) is 10.8 Å². The van der Waals surface area contributed by atoms with Gasteiger partial charge in [-0.2, -0.15) is 4.52 Å². The highest BCUT2D eigenvalue weighted by Crippen LogP contribution is 2.35. The van der Waals surface area contributed by atoms with Crippen LogP contribution < -0.4 is 0 Å². The molecular formula is C21H25N5OS. The normalized spacial score (nSPS) is 22.5. The lowest BCUT2D eigenvalue weighted by Gasteiger charge is -2.44. The van der Waals surface area contributed by atoms with Gasteiger partial charge >= 0.3 is 0 Å². The zero-order valence-corrected chi connectivity index (χ0v) is 17.0. The minimum Gasteiger partial charge on any atom is -0.339 e. The van der Waals surface area contributed by atoms with Crippen molar-refractivity contribution >= 4 is 34.2 Å². The summed E-state index contributed by atoms with van der Waals surface area (Å²) in [6.07, 6.45) is 7.45. The Morgan fingerprint density at radius 2 is 1.96 bits per heavy atom. The lowest BCUT2D eigenvalue weighted by Crippen LogP contribution is -2.50. The molecule has 0 bridgehead atoms. The monoisotopic (exact) mass is 395 g/mol. The number of likely N-dealkylation sites (tertiary alicyclic amines) is 1. The molecule has 1 aliphatic carbocycles. The number of rotatable bonds is 3. The van der Waals surface area contributed by atoms with E-state index in [0.717, 1.165) is 34.7 Å². The number of para-hydroxylation sites is 1. The smallest absolute Gasteiger partial charge is 0.233 e. The molecule has 1 aromatic carbocycles. The van der Waals surface area contributed by atoms with E-state index in [4.69, 9.17) is 4.98 Å². The summed E-state index contributed by atoms with van der Waals surface area (Å²) in [7, 11) is 0. The molecule has 2 unspecified atom stereocenters. The number of carbonyl (C=O) groups is 1. The largest absolute Gasteiger partial charge is 0.339 e. The first-order valence-electron chi connectivity index (χ1n) is 10.2. The third-order valence-corrected chi connectivity index (χ3v) is 7.06. The summed E-state index contributed by atoms with van der Waals surface area (Å²) in [5.41, 5.74) is 1.70. The molecule has 0 radical (unpaired) electrons. The fourth-order valence-corrected chi connectivity index (χ4v) is 5.70. The molecule has 146 valence electrons. The molecule has 6 nitrogen and oxygen atoms in total. The molecule has 2 aromatic heterocycles. The molecule has 2 fully saturated rings. The van der Waals surface area contributed by atoms with Crippen LogP contribution in [0.3, 0.4) is 0 Å². The fraction of sp³-hybridized carbons (Fsp3) is 0.524. The van der Waals surface area contributed by atoms with Crippen molar-refractivity contribution in [3.05, 3.63) is 30.1 Å². The Hall–Kier alpha value is -2.15. The number of nitrogens with zero attached hydrogens (tertiary/aromatic N) is 5. The summed E-state index contributed by atoms with van der Waals surface area (Å²) in [5, 5.41) is 6.24. The van der Waals surface area contributed by atoms with E-state index in [-0.39, 0.29) is 5.91 Å². The third kappa shape index (κ3) is 3.15. The third-order valence-electron chi connectivity index (χ3n) is 6.14. The summed E-state index contributed by atoms with van der Waals surface area (Å²) >= 11 is 1.48. The van der Waals surface area contributed by atoms with E-state index in [2.05, 4.69) is 15.0 Å². The quantitative estimate of drug-likeness (QED) is 0.498. The maximum Gasteiger partial charge on any atom is 0.233 e. The molecule has 0 spiro atoms. The SMILES string of the molecule is Cc1nc2c3ccccc3nc(SCC(=O)N3CCCC4CCCCC43)n2n1. The molecule has 7 heteroatoms. The zero-order chi connectivity index (χ0) is 19.1. The van der Waals surface area contributed by atoms with Crippen LogP contribution in [0, 0.1) is 12.8 Å². The van der Waals surface area contributed by atoms with Crippen LogP contribution in [0.15, 0.2) is 29.4 Å². The van der Waals surface area contributed by atoms with E-state index in [0.29, 0.717) is 23.5 Å². The van der Waals surface area contributed by atoms with Gasteiger partial charge in [-0.15, -0.1) is 5.10 Å². The van der Waals surface area contributed by atoms with Crippen LogP contribution in [0.25, 0.3) is 16.6 Å². The van der Waals surface area contributed by atoms with E-state index in [1.54, 1.807) is 4.52 Å². The van der Waals surface area contributed by atoms with Gasteiger partial charge < -0.3 is 4.90 Å². The number of piperidine rings is 1. The van der Waals surface area contributed by atoms with Crippen LogP contribution in [0.2, 0.25) is 0 Å². The van der Waals surface area contributed by atoms with Crippen molar-refractivity contribution in [1.29, 1.82) is 0 Å². The lowest BCUT2D eigenvalue weighted by atomic mass is 9.78. The molecule has 28 heavy (non-hydrogen) atoms. The minimum absolute atomic E-state index is 0.238. The highest BCUT2D eigenvalue weighted by molar-refractivity contribution is 7.99. The van der Waals surface area contributed by atoms with Gasteiger partial charge in [0.05, 0.1) is 11.3 Å². The van der Waals surface area contributed by atoms with E-state index in [9.17, 15) is 4.79 Å². The van der Waals surface area contributed by atoms with E-state index < -0.39 is 0 Å². The molecule has 2 atom stereocenters. The van der Waals surface area contributed by atoms with E-state index in [1.807, 2.05) is 31.2 Å². The predicted octanol–water partition coefficient (Wildman–Crippen LogP) is 3.86. The molecule has 1 aliphatic heterocycles. The number of hydrogen-bond donors (Lipinski definition) is 0. The first-order valence-corrected chi connectivity index (χ1v) is 11.2. The second-order valence-electron chi connectivity index (χ2n) is 7.94. The van der Waals surface area contributed by atoms with Gasteiger partial charge in [0, 0.05) is 18.0 Å². The molecular weight excluding hydrogens is 370 g/mol. The Morgan fingerprint density at radius 3 is 2.89 bits per heavy atom. The standard InChI is InChI=1S/C21H25N5OS/c1-14-22-20-16-9-3-4-10-17(16)23-21(26(20)24-14)28-13-19(27)25-12-6-8-15-7-2-5-11-18(15)25/h3-4,9-10,15,18H,2,5-8,11-13H2,1H3. The molecule has 1 saturated carbocycles. The summed E-state index contributed by atoms with van der Waals surface area (Å²) in [6, 6.07) is 8.42. The van der Waals surface area contributed by atoms with Gasteiger partial charge in [-0.3, -0.25) is 4.79 Å². The van der Waals surface area contributed by atoms with Gasteiger partial charge in [-0.1, -0.05) is 36.7 Å². The second-order valence-corrected chi connectivity index (χ2v) is 8.88. The lowest BCUT2D eigenvalue weighted by molar-refractivity contribution is -0.134. The average molecular weight is 396 g/mol. The van der Waals surface area contributed by atoms with Crippen LogP contribution >= 0.6 is 11.8 Å². The van der Waals surface area contributed by atoms with Crippen LogP contribution in [0.4, 0.5) is 0 Å². The summed E-state index contributed by atoms with van der Waals surface area (Å²) < 4.78 is 1.79. The van der Waals surface area contributed by atoms with Gasteiger partial charge in [0.2, 0.25) is 5.91 Å². The predicted molar refractivity (Wildman–Crippen MR) is 110 cm³/mol. The first-order chi connectivity index (χ1) is 13.7. The summed E-state index contributed by atoms with van der Waals surface area (Å²) in [6.45, 7) is 2.79. The fourth-order valence-electron chi connectivity index (χ4n) is 4.87. The molecule has 3 aromatic rings. The van der Waals surface area contributed by atoms with E-state index in [1.165, 1.54) is 43.9 Å². The maximum atomic E-state index is 13.1. The molecule has 0 N–H and O–H groups in total. The van der Waals surface area contributed by atoms with Gasteiger partial charge in [0.25, 0.3) is 0 Å². The van der Waals surface area contributed by atoms with Gasteiger partial charge in [-0.05, 0) is 50.7 Å². The van der Waals surface area contributed by atoms with Gasteiger partial charge in [-0.25, -0.2) is 9.97 Å². The zero-order valence-electron chi connectivity index (χ0n) is 16.2. The first kappa shape index (κ1) is 17.9. The Labute approximate surface area is 168 Å². The van der Waals surface area contributed by atoms with Crippen molar-refractivity contribution in [3.8, 4) is 0 Å².